The molecule has 1 saturated carbocycles. The lowest BCUT2D eigenvalue weighted by Crippen LogP contribution is -2.32. The third-order valence-corrected chi connectivity index (χ3v) is 3.89. The minimum atomic E-state index is 0.789. The van der Waals surface area contributed by atoms with Gasteiger partial charge in [0.25, 0.3) is 0 Å². The summed E-state index contributed by atoms with van der Waals surface area (Å²) < 4.78 is 2.31. The normalized spacial score (nSPS) is 17.2. The fourth-order valence-corrected chi connectivity index (χ4v) is 2.86. The molecule has 18 heavy (non-hydrogen) atoms. The molecule has 102 valence electrons. The summed E-state index contributed by atoms with van der Waals surface area (Å²) in [6.07, 6.45) is 14.6. The van der Waals surface area contributed by atoms with Crippen LogP contribution in [0.15, 0.2) is 12.4 Å². The van der Waals surface area contributed by atoms with E-state index in [1.807, 2.05) is 6.20 Å². The lowest BCUT2D eigenvalue weighted by atomic mass is 9.95. The van der Waals surface area contributed by atoms with Crippen LogP contribution in [0.3, 0.4) is 0 Å². The molecule has 0 bridgehead atoms. The number of rotatable bonds is 7. The Morgan fingerprint density at radius 3 is 2.94 bits per heavy atom. The Bertz CT molecular complexity index is 326. The van der Waals surface area contributed by atoms with Crippen molar-refractivity contribution in [1.82, 2.24) is 14.9 Å². The smallest absolute Gasteiger partial charge is 0.108 e. The number of hydrogen-bond donors (Lipinski definition) is 1. The maximum Gasteiger partial charge on any atom is 0.108 e. The fraction of sp³-hybridized carbons (Fsp3) is 0.800. The highest BCUT2D eigenvalue weighted by Crippen LogP contribution is 2.17. The summed E-state index contributed by atoms with van der Waals surface area (Å²) in [7, 11) is 0. The summed E-state index contributed by atoms with van der Waals surface area (Å²) in [6.45, 7) is 4.47. The van der Waals surface area contributed by atoms with Crippen LogP contribution < -0.4 is 5.32 Å². The van der Waals surface area contributed by atoms with Gasteiger partial charge >= 0.3 is 0 Å². The Kier molecular flexibility index (Phi) is 5.72. The standard InChI is InChI=1S/C15H27N3/c1-2-7-15-17-11-13-18(15)12-6-10-16-14-8-4-3-5-9-14/h11,13-14,16H,2-10,12H2,1H3. The van der Waals surface area contributed by atoms with E-state index in [0.717, 1.165) is 25.6 Å². The Hall–Kier alpha value is -0.830. The topological polar surface area (TPSA) is 29.9 Å². The van der Waals surface area contributed by atoms with Crippen molar-refractivity contribution in [1.29, 1.82) is 0 Å². The predicted molar refractivity (Wildman–Crippen MR) is 75.7 cm³/mol. The molecule has 1 N–H and O–H groups in total. The zero-order valence-electron chi connectivity index (χ0n) is 11.7. The van der Waals surface area contributed by atoms with Gasteiger partial charge in [-0.25, -0.2) is 4.98 Å². The van der Waals surface area contributed by atoms with Gasteiger partial charge in [-0.05, 0) is 32.2 Å². The molecule has 2 rings (SSSR count). The van der Waals surface area contributed by atoms with Gasteiger partial charge in [0.2, 0.25) is 0 Å². The number of nitrogens with one attached hydrogen (secondary N) is 1. The van der Waals surface area contributed by atoms with Crippen molar-refractivity contribution in [3.05, 3.63) is 18.2 Å². The zero-order valence-corrected chi connectivity index (χ0v) is 11.7. The van der Waals surface area contributed by atoms with Gasteiger partial charge in [-0.15, -0.1) is 0 Å². The second-order valence-electron chi connectivity index (χ2n) is 5.43. The highest BCUT2D eigenvalue weighted by atomic mass is 15.1. The monoisotopic (exact) mass is 249 g/mol. The second-order valence-corrected chi connectivity index (χ2v) is 5.43. The van der Waals surface area contributed by atoms with Crippen molar-refractivity contribution in [3.63, 3.8) is 0 Å². The SMILES string of the molecule is CCCc1nccn1CCCNC1CCCCC1. The number of imidazole rings is 1. The van der Waals surface area contributed by atoms with Gasteiger partial charge in [0.1, 0.15) is 5.82 Å². The molecule has 1 aliphatic carbocycles. The van der Waals surface area contributed by atoms with E-state index in [2.05, 4.69) is 28.0 Å². The summed E-state index contributed by atoms with van der Waals surface area (Å²) in [4.78, 5) is 4.42. The Morgan fingerprint density at radius 1 is 1.33 bits per heavy atom. The molecule has 1 aromatic rings. The minimum Gasteiger partial charge on any atom is -0.335 e. The molecule has 0 aliphatic heterocycles. The van der Waals surface area contributed by atoms with Gasteiger partial charge in [-0.1, -0.05) is 26.2 Å². The average molecular weight is 249 g/mol. The van der Waals surface area contributed by atoms with E-state index >= 15 is 0 Å². The third kappa shape index (κ3) is 4.13. The number of aromatic nitrogens is 2. The van der Waals surface area contributed by atoms with Crippen molar-refractivity contribution in [2.75, 3.05) is 6.54 Å². The first-order valence-electron chi connectivity index (χ1n) is 7.63. The van der Waals surface area contributed by atoms with Crippen LogP contribution in [0.2, 0.25) is 0 Å². The van der Waals surface area contributed by atoms with Gasteiger partial charge in [0, 0.05) is 31.4 Å². The maximum absolute atomic E-state index is 4.42. The van der Waals surface area contributed by atoms with Crippen LogP contribution >= 0.6 is 0 Å². The van der Waals surface area contributed by atoms with Gasteiger partial charge in [-0.2, -0.15) is 0 Å². The van der Waals surface area contributed by atoms with E-state index < -0.39 is 0 Å². The van der Waals surface area contributed by atoms with Crippen LogP contribution in [0.5, 0.6) is 0 Å². The molecule has 0 spiro atoms. The zero-order chi connectivity index (χ0) is 12.6. The van der Waals surface area contributed by atoms with Crippen LogP contribution in [0.25, 0.3) is 0 Å². The molecule has 0 radical (unpaired) electrons. The Balaban J connectivity index is 1.63. The molecule has 0 unspecified atom stereocenters. The van der Waals surface area contributed by atoms with Crippen LogP contribution in [0, 0.1) is 0 Å². The molecule has 1 aliphatic rings. The molecule has 1 aromatic heterocycles. The van der Waals surface area contributed by atoms with E-state index in [-0.39, 0.29) is 0 Å². The molecule has 3 heteroatoms. The highest BCUT2D eigenvalue weighted by molar-refractivity contribution is 4.92. The maximum atomic E-state index is 4.42. The summed E-state index contributed by atoms with van der Waals surface area (Å²) in [5.74, 6) is 1.25. The van der Waals surface area contributed by atoms with Gasteiger partial charge in [0.15, 0.2) is 0 Å². The summed E-state index contributed by atoms with van der Waals surface area (Å²) in [6, 6.07) is 0.789. The molecule has 1 heterocycles. The molecule has 0 atom stereocenters. The van der Waals surface area contributed by atoms with Gasteiger partial charge < -0.3 is 9.88 Å². The van der Waals surface area contributed by atoms with Gasteiger partial charge in [0.05, 0.1) is 0 Å². The van der Waals surface area contributed by atoms with Gasteiger partial charge in [-0.3, -0.25) is 0 Å². The number of nitrogens with zero attached hydrogens (tertiary/aromatic N) is 2. The van der Waals surface area contributed by atoms with Crippen LogP contribution in [0.1, 0.15) is 57.7 Å². The first-order chi connectivity index (χ1) is 8.90. The summed E-state index contributed by atoms with van der Waals surface area (Å²) in [5.41, 5.74) is 0. The minimum absolute atomic E-state index is 0.789. The van der Waals surface area contributed by atoms with E-state index in [4.69, 9.17) is 0 Å². The number of hydrogen-bond acceptors (Lipinski definition) is 2. The Labute approximate surface area is 111 Å². The lowest BCUT2D eigenvalue weighted by Gasteiger charge is -2.22. The summed E-state index contributed by atoms with van der Waals surface area (Å²) in [5, 5.41) is 3.70. The van der Waals surface area contributed by atoms with Crippen molar-refractivity contribution >= 4 is 0 Å². The molecule has 0 saturated heterocycles. The van der Waals surface area contributed by atoms with Crippen molar-refractivity contribution < 1.29 is 0 Å². The van der Waals surface area contributed by atoms with Crippen molar-refractivity contribution in [2.24, 2.45) is 0 Å². The molecule has 3 nitrogen and oxygen atoms in total. The first-order valence-corrected chi connectivity index (χ1v) is 7.63. The Morgan fingerprint density at radius 2 is 2.17 bits per heavy atom. The fourth-order valence-electron chi connectivity index (χ4n) is 2.86. The van der Waals surface area contributed by atoms with Crippen LogP contribution in [0.4, 0.5) is 0 Å². The highest BCUT2D eigenvalue weighted by Gasteiger charge is 2.11. The molecule has 0 aromatic carbocycles. The number of aryl methyl sites for hydroxylation is 2. The first kappa shape index (κ1) is 13.6. The van der Waals surface area contributed by atoms with E-state index in [1.165, 1.54) is 50.8 Å². The lowest BCUT2D eigenvalue weighted by molar-refractivity contribution is 0.368. The summed E-state index contributed by atoms with van der Waals surface area (Å²) >= 11 is 0. The van der Waals surface area contributed by atoms with Crippen molar-refractivity contribution in [2.45, 2.75) is 70.9 Å². The largest absolute Gasteiger partial charge is 0.335 e. The van der Waals surface area contributed by atoms with Crippen LogP contribution in [-0.4, -0.2) is 22.1 Å². The van der Waals surface area contributed by atoms with Crippen LogP contribution in [-0.2, 0) is 13.0 Å². The predicted octanol–water partition coefficient (Wildman–Crippen LogP) is 3.15. The molecule has 1 fully saturated rings. The van der Waals surface area contributed by atoms with E-state index in [0.29, 0.717) is 0 Å². The average Bonchev–Trinajstić information content (AvgIpc) is 2.84. The third-order valence-electron chi connectivity index (χ3n) is 3.89. The van der Waals surface area contributed by atoms with E-state index in [1.54, 1.807) is 0 Å². The molecular weight excluding hydrogens is 222 g/mol. The second kappa shape index (κ2) is 7.57. The quantitative estimate of drug-likeness (QED) is 0.752. The van der Waals surface area contributed by atoms with Crippen molar-refractivity contribution in [3.8, 4) is 0 Å². The molecular formula is C15H27N3. The molecule has 0 amide bonds. The van der Waals surface area contributed by atoms with E-state index in [9.17, 15) is 0 Å².